The third-order valence-corrected chi connectivity index (χ3v) is 4.73. The average Bonchev–Trinajstić information content (AvgIpc) is 3.13. The van der Waals surface area contributed by atoms with Gasteiger partial charge in [-0.15, -0.1) is 0 Å². The minimum absolute atomic E-state index is 0.385. The highest BCUT2D eigenvalue weighted by Crippen LogP contribution is 2.42. The Morgan fingerprint density at radius 2 is 1.48 bits per heavy atom. The van der Waals surface area contributed by atoms with Crippen LogP contribution in [0.4, 0.5) is 0 Å². The summed E-state index contributed by atoms with van der Waals surface area (Å²) in [5.41, 5.74) is 0.697. The second-order valence-corrected chi connectivity index (χ2v) is 6.16. The van der Waals surface area contributed by atoms with Crippen LogP contribution in [0.2, 0.25) is 0 Å². The molecule has 3 rings (SSSR count). The van der Waals surface area contributed by atoms with E-state index >= 15 is 0 Å². The summed E-state index contributed by atoms with van der Waals surface area (Å²) in [7, 11) is 4.08. The Labute approximate surface area is 157 Å². The topological polar surface area (TPSA) is 80.3 Å². The van der Waals surface area contributed by atoms with Crippen molar-refractivity contribution in [3.8, 4) is 5.75 Å². The lowest BCUT2D eigenvalue weighted by molar-refractivity contribution is -0.196. The molecule has 144 valence electrons. The number of ether oxygens (including phenoxy) is 5. The van der Waals surface area contributed by atoms with Crippen molar-refractivity contribution < 1.29 is 33.3 Å². The van der Waals surface area contributed by atoms with Crippen LogP contribution in [-0.2, 0) is 34.3 Å². The minimum atomic E-state index is -1.26. The Morgan fingerprint density at radius 1 is 0.926 bits per heavy atom. The van der Waals surface area contributed by atoms with Gasteiger partial charge in [-0.2, -0.15) is 0 Å². The van der Waals surface area contributed by atoms with Gasteiger partial charge in [0, 0.05) is 12.0 Å². The molecule has 27 heavy (non-hydrogen) atoms. The molecule has 0 spiro atoms. The molecule has 1 saturated heterocycles. The predicted octanol–water partition coefficient (Wildman–Crippen LogP) is 2.54. The van der Waals surface area contributed by atoms with Gasteiger partial charge >= 0.3 is 11.9 Å². The maximum atomic E-state index is 12.1. The second kappa shape index (κ2) is 7.54. The molecule has 0 unspecified atom stereocenters. The fourth-order valence-corrected chi connectivity index (χ4v) is 3.23. The first-order valence-corrected chi connectivity index (χ1v) is 8.57. The van der Waals surface area contributed by atoms with Gasteiger partial charge in [0.1, 0.15) is 5.75 Å². The van der Waals surface area contributed by atoms with Crippen LogP contribution >= 0.6 is 0 Å². The molecular formula is C20H22O7. The molecule has 1 aliphatic heterocycles. The van der Waals surface area contributed by atoms with Crippen molar-refractivity contribution in [2.75, 3.05) is 21.3 Å². The molecule has 7 nitrogen and oxygen atoms in total. The lowest BCUT2D eigenvalue weighted by Crippen LogP contribution is -2.38. The predicted molar refractivity (Wildman–Crippen MR) is 96.2 cm³/mol. The molecule has 7 heteroatoms. The first kappa shape index (κ1) is 19.1. The zero-order valence-electron chi connectivity index (χ0n) is 15.7. The van der Waals surface area contributed by atoms with Gasteiger partial charge in [-0.1, -0.05) is 25.1 Å². The van der Waals surface area contributed by atoms with Gasteiger partial charge < -0.3 is 23.7 Å². The number of fused-ring (bicyclic) bond motifs is 1. The largest absolute Gasteiger partial charge is 0.497 e. The van der Waals surface area contributed by atoms with E-state index in [0.29, 0.717) is 12.0 Å². The number of rotatable bonds is 5. The SMILES string of the molecule is CCC1(c2ccc3cc(OC)ccc3c2)O[C@@H](C(=O)OC)[C@H](C(=O)OC)O1. The Kier molecular flexibility index (Phi) is 5.34. The quantitative estimate of drug-likeness (QED) is 0.744. The molecule has 0 N–H and O–H groups in total. The first-order chi connectivity index (χ1) is 13.0. The summed E-state index contributed by atoms with van der Waals surface area (Å²) in [6, 6.07) is 11.4. The molecule has 0 bridgehead atoms. The fourth-order valence-electron chi connectivity index (χ4n) is 3.23. The van der Waals surface area contributed by atoms with Gasteiger partial charge in [-0.05, 0) is 29.0 Å². The number of esters is 2. The number of hydrogen-bond donors (Lipinski definition) is 0. The summed E-state index contributed by atoms with van der Waals surface area (Å²) in [6.45, 7) is 1.85. The maximum absolute atomic E-state index is 12.1. The fraction of sp³-hybridized carbons (Fsp3) is 0.400. The number of methoxy groups -OCH3 is 3. The molecular weight excluding hydrogens is 352 g/mol. The van der Waals surface area contributed by atoms with Crippen molar-refractivity contribution in [1.82, 2.24) is 0 Å². The van der Waals surface area contributed by atoms with Crippen LogP contribution in [0.15, 0.2) is 36.4 Å². The molecule has 2 aromatic carbocycles. The van der Waals surface area contributed by atoms with Crippen molar-refractivity contribution in [1.29, 1.82) is 0 Å². The Bertz CT molecular complexity index is 837. The van der Waals surface area contributed by atoms with E-state index in [9.17, 15) is 9.59 Å². The third-order valence-electron chi connectivity index (χ3n) is 4.73. The number of carbonyl (C=O) groups excluding carboxylic acids is 2. The van der Waals surface area contributed by atoms with E-state index in [4.69, 9.17) is 23.7 Å². The monoisotopic (exact) mass is 374 g/mol. The summed E-state index contributed by atoms with van der Waals surface area (Å²) < 4.78 is 26.7. The second-order valence-electron chi connectivity index (χ2n) is 6.16. The van der Waals surface area contributed by atoms with Gasteiger partial charge in [-0.3, -0.25) is 0 Å². The number of hydrogen-bond acceptors (Lipinski definition) is 7. The summed E-state index contributed by atoms with van der Waals surface area (Å²) in [5.74, 6) is -1.88. The van der Waals surface area contributed by atoms with Crippen molar-refractivity contribution in [3.63, 3.8) is 0 Å². The van der Waals surface area contributed by atoms with Crippen LogP contribution in [0.5, 0.6) is 5.75 Å². The average molecular weight is 374 g/mol. The van der Waals surface area contributed by atoms with E-state index in [1.165, 1.54) is 14.2 Å². The zero-order valence-corrected chi connectivity index (χ0v) is 15.7. The molecule has 1 aliphatic rings. The molecule has 0 aliphatic carbocycles. The smallest absolute Gasteiger partial charge is 0.338 e. The van der Waals surface area contributed by atoms with E-state index in [-0.39, 0.29) is 0 Å². The number of carbonyl (C=O) groups is 2. The van der Waals surface area contributed by atoms with Crippen LogP contribution in [0, 0.1) is 0 Å². The summed E-state index contributed by atoms with van der Waals surface area (Å²) in [4.78, 5) is 24.2. The van der Waals surface area contributed by atoms with E-state index in [0.717, 1.165) is 16.5 Å². The molecule has 1 heterocycles. The molecule has 1 fully saturated rings. The summed E-state index contributed by atoms with van der Waals surface area (Å²) in [5, 5.41) is 1.93. The van der Waals surface area contributed by atoms with Crippen molar-refractivity contribution in [2.45, 2.75) is 31.3 Å². The molecule has 0 aromatic heterocycles. The van der Waals surface area contributed by atoms with Gasteiger partial charge in [0.2, 0.25) is 0 Å². The first-order valence-electron chi connectivity index (χ1n) is 8.57. The Hall–Kier alpha value is -2.64. The lowest BCUT2D eigenvalue weighted by Gasteiger charge is -2.27. The lowest BCUT2D eigenvalue weighted by atomic mass is 9.99. The van der Waals surface area contributed by atoms with Gasteiger partial charge in [0.05, 0.1) is 21.3 Å². The normalized spacial score (nSPS) is 21.0. The molecule has 2 atom stereocenters. The van der Waals surface area contributed by atoms with E-state index < -0.39 is 29.9 Å². The van der Waals surface area contributed by atoms with E-state index in [1.54, 1.807) is 7.11 Å². The van der Waals surface area contributed by atoms with Gasteiger partial charge in [-0.25, -0.2) is 9.59 Å². The molecule has 0 radical (unpaired) electrons. The van der Waals surface area contributed by atoms with Crippen molar-refractivity contribution in [3.05, 3.63) is 42.0 Å². The van der Waals surface area contributed by atoms with Gasteiger partial charge in [0.25, 0.3) is 0 Å². The molecule has 0 saturated carbocycles. The maximum Gasteiger partial charge on any atom is 0.338 e. The summed E-state index contributed by atoms with van der Waals surface area (Å²) >= 11 is 0. The molecule has 2 aromatic rings. The Balaban J connectivity index is 2.03. The highest BCUT2D eigenvalue weighted by atomic mass is 16.8. The zero-order chi connectivity index (χ0) is 19.6. The van der Waals surface area contributed by atoms with E-state index in [1.807, 2.05) is 43.3 Å². The summed E-state index contributed by atoms with van der Waals surface area (Å²) in [6.07, 6.45) is -2.02. The highest BCUT2D eigenvalue weighted by molar-refractivity contribution is 5.87. The van der Waals surface area contributed by atoms with E-state index in [2.05, 4.69) is 0 Å². The van der Waals surface area contributed by atoms with Crippen molar-refractivity contribution >= 4 is 22.7 Å². The minimum Gasteiger partial charge on any atom is -0.497 e. The van der Waals surface area contributed by atoms with Crippen LogP contribution in [0.3, 0.4) is 0 Å². The Morgan fingerprint density at radius 3 is 2.00 bits per heavy atom. The van der Waals surface area contributed by atoms with Gasteiger partial charge in [0.15, 0.2) is 18.0 Å². The highest BCUT2D eigenvalue weighted by Gasteiger charge is 2.54. The third kappa shape index (κ3) is 3.36. The van der Waals surface area contributed by atoms with Crippen LogP contribution in [-0.4, -0.2) is 45.5 Å². The van der Waals surface area contributed by atoms with Crippen molar-refractivity contribution in [2.24, 2.45) is 0 Å². The van der Waals surface area contributed by atoms with Crippen LogP contribution in [0.25, 0.3) is 10.8 Å². The van der Waals surface area contributed by atoms with Crippen LogP contribution in [0.1, 0.15) is 18.9 Å². The number of benzene rings is 2. The van der Waals surface area contributed by atoms with Crippen LogP contribution < -0.4 is 4.74 Å². The molecule has 0 amide bonds. The standard InChI is InChI=1S/C20H22O7/c1-5-20(26-16(18(21)24-3)17(27-20)19(22)25-4)14-8-6-13-11-15(23-2)9-7-12(13)10-14/h6-11,16-17H,5H2,1-4H3/t16-,17-/m1/s1.